The lowest BCUT2D eigenvalue weighted by atomic mass is 10.1. The van der Waals surface area contributed by atoms with Gasteiger partial charge in [-0.15, -0.1) is 0 Å². The predicted molar refractivity (Wildman–Crippen MR) is 76.0 cm³/mol. The summed E-state index contributed by atoms with van der Waals surface area (Å²) < 4.78 is 9.76. The number of carbonyl (C=O) groups excluding carboxylic acids is 1. The number of nitrogens with one attached hydrogen (secondary N) is 1. The van der Waals surface area contributed by atoms with Crippen LogP contribution in [0, 0.1) is 0 Å². The van der Waals surface area contributed by atoms with Crippen LogP contribution < -0.4 is 10.1 Å². The second-order valence-corrected chi connectivity index (χ2v) is 4.50. The third-order valence-corrected chi connectivity index (χ3v) is 3.10. The number of aromatic nitrogens is 2. The maximum atomic E-state index is 12.1. The number of amides is 1. The van der Waals surface area contributed by atoms with Crippen molar-refractivity contribution in [1.29, 1.82) is 0 Å². The highest BCUT2D eigenvalue weighted by molar-refractivity contribution is 5.97. The van der Waals surface area contributed by atoms with Crippen LogP contribution in [0.1, 0.15) is 15.9 Å². The zero-order chi connectivity index (χ0) is 14.7. The second kappa shape index (κ2) is 5.62. The molecular formula is C15H13N3O3. The standard InChI is InChI=1S/C15H13N3O3/c1-20-12-4-2-3-10(7-12)9-16-15(19)11-5-6-13-14(8-11)18-21-17-13/h2-8H,9H2,1H3,(H,16,19). The highest BCUT2D eigenvalue weighted by atomic mass is 16.6. The largest absolute Gasteiger partial charge is 0.497 e. The first-order chi connectivity index (χ1) is 10.3. The summed E-state index contributed by atoms with van der Waals surface area (Å²) in [5.74, 6) is 0.583. The number of benzene rings is 2. The van der Waals surface area contributed by atoms with E-state index in [1.807, 2.05) is 24.3 Å². The Balaban J connectivity index is 1.70. The SMILES string of the molecule is COc1cccc(CNC(=O)c2ccc3nonc3c2)c1. The van der Waals surface area contributed by atoms with Gasteiger partial charge < -0.3 is 10.1 Å². The molecule has 6 heteroatoms. The predicted octanol–water partition coefficient (Wildman–Crippen LogP) is 2.16. The van der Waals surface area contributed by atoms with Crippen molar-refractivity contribution < 1.29 is 14.2 Å². The highest BCUT2D eigenvalue weighted by Gasteiger charge is 2.08. The van der Waals surface area contributed by atoms with E-state index in [1.165, 1.54) is 0 Å². The van der Waals surface area contributed by atoms with Crippen LogP contribution in [-0.2, 0) is 6.54 Å². The summed E-state index contributed by atoms with van der Waals surface area (Å²) in [7, 11) is 1.61. The molecular weight excluding hydrogens is 270 g/mol. The normalized spacial score (nSPS) is 10.5. The monoisotopic (exact) mass is 283 g/mol. The van der Waals surface area contributed by atoms with Crippen molar-refractivity contribution in [2.75, 3.05) is 7.11 Å². The molecule has 6 nitrogen and oxygen atoms in total. The van der Waals surface area contributed by atoms with Crippen molar-refractivity contribution in [2.24, 2.45) is 0 Å². The maximum Gasteiger partial charge on any atom is 0.251 e. The molecule has 2 aromatic carbocycles. The van der Waals surface area contributed by atoms with Crippen LogP contribution in [0.25, 0.3) is 11.0 Å². The topological polar surface area (TPSA) is 77.2 Å². The molecule has 1 heterocycles. The summed E-state index contributed by atoms with van der Waals surface area (Å²) in [4.78, 5) is 12.1. The van der Waals surface area contributed by atoms with E-state index in [2.05, 4.69) is 20.3 Å². The lowest BCUT2D eigenvalue weighted by molar-refractivity contribution is 0.0951. The van der Waals surface area contributed by atoms with Crippen molar-refractivity contribution in [3.63, 3.8) is 0 Å². The fraction of sp³-hybridized carbons (Fsp3) is 0.133. The van der Waals surface area contributed by atoms with Crippen LogP contribution in [0.5, 0.6) is 5.75 Å². The van der Waals surface area contributed by atoms with Gasteiger partial charge in [-0.2, -0.15) is 0 Å². The molecule has 1 N–H and O–H groups in total. The summed E-state index contributed by atoms with van der Waals surface area (Å²) in [5.41, 5.74) is 2.66. The Morgan fingerprint density at radius 2 is 2.05 bits per heavy atom. The molecule has 0 aliphatic rings. The first-order valence-corrected chi connectivity index (χ1v) is 6.40. The van der Waals surface area contributed by atoms with Gasteiger partial charge in [-0.3, -0.25) is 4.79 Å². The lowest BCUT2D eigenvalue weighted by Gasteiger charge is -2.07. The highest BCUT2D eigenvalue weighted by Crippen LogP contribution is 2.14. The number of carbonyl (C=O) groups is 1. The summed E-state index contributed by atoms with van der Waals surface area (Å²) in [6.07, 6.45) is 0. The Hall–Kier alpha value is -2.89. The number of methoxy groups -OCH3 is 1. The molecule has 0 bridgehead atoms. The van der Waals surface area contributed by atoms with E-state index in [0.717, 1.165) is 11.3 Å². The number of hydrogen-bond acceptors (Lipinski definition) is 5. The van der Waals surface area contributed by atoms with Crippen molar-refractivity contribution in [3.8, 4) is 5.75 Å². The summed E-state index contributed by atoms with van der Waals surface area (Å²) in [6, 6.07) is 12.6. The first kappa shape index (κ1) is 13.1. The quantitative estimate of drug-likeness (QED) is 0.794. The molecule has 1 aromatic heterocycles. The molecule has 0 saturated carbocycles. The minimum atomic E-state index is -0.178. The Morgan fingerprint density at radius 3 is 2.90 bits per heavy atom. The zero-order valence-corrected chi connectivity index (χ0v) is 11.4. The minimum absolute atomic E-state index is 0.178. The van der Waals surface area contributed by atoms with Gasteiger partial charge in [0.2, 0.25) is 0 Å². The van der Waals surface area contributed by atoms with Crippen LogP contribution in [-0.4, -0.2) is 23.3 Å². The molecule has 1 amide bonds. The molecule has 0 spiro atoms. The van der Waals surface area contributed by atoms with Gasteiger partial charge in [-0.05, 0) is 46.2 Å². The zero-order valence-electron chi connectivity index (χ0n) is 11.4. The Morgan fingerprint density at radius 1 is 1.19 bits per heavy atom. The van der Waals surface area contributed by atoms with Gasteiger partial charge >= 0.3 is 0 Å². The van der Waals surface area contributed by atoms with Crippen LogP contribution in [0.15, 0.2) is 47.1 Å². The Labute approximate surface area is 120 Å². The fourth-order valence-electron chi connectivity index (χ4n) is 1.99. The van der Waals surface area contributed by atoms with Crippen molar-refractivity contribution >= 4 is 16.9 Å². The summed E-state index contributed by atoms with van der Waals surface area (Å²) in [5, 5.41) is 10.3. The van der Waals surface area contributed by atoms with Gasteiger partial charge in [0.1, 0.15) is 16.8 Å². The average Bonchev–Trinajstić information content (AvgIpc) is 3.00. The number of hydrogen-bond donors (Lipinski definition) is 1. The molecule has 3 rings (SSSR count). The lowest BCUT2D eigenvalue weighted by Crippen LogP contribution is -2.22. The minimum Gasteiger partial charge on any atom is -0.497 e. The smallest absolute Gasteiger partial charge is 0.251 e. The summed E-state index contributed by atoms with van der Waals surface area (Å²) in [6.45, 7) is 0.422. The van der Waals surface area contributed by atoms with E-state index in [1.54, 1.807) is 25.3 Å². The van der Waals surface area contributed by atoms with Gasteiger partial charge in [0.05, 0.1) is 7.11 Å². The van der Waals surface area contributed by atoms with Crippen LogP contribution >= 0.6 is 0 Å². The maximum absolute atomic E-state index is 12.1. The van der Waals surface area contributed by atoms with Crippen LogP contribution in [0.3, 0.4) is 0 Å². The molecule has 0 radical (unpaired) electrons. The molecule has 0 fully saturated rings. The van der Waals surface area contributed by atoms with Gasteiger partial charge in [0.15, 0.2) is 0 Å². The number of rotatable bonds is 4. The Kier molecular flexibility index (Phi) is 3.51. The van der Waals surface area contributed by atoms with Crippen molar-refractivity contribution in [3.05, 3.63) is 53.6 Å². The van der Waals surface area contributed by atoms with E-state index >= 15 is 0 Å². The van der Waals surface area contributed by atoms with E-state index in [0.29, 0.717) is 23.1 Å². The van der Waals surface area contributed by atoms with Crippen LogP contribution in [0.2, 0.25) is 0 Å². The number of nitrogens with zero attached hydrogens (tertiary/aromatic N) is 2. The van der Waals surface area contributed by atoms with Gasteiger partial charge in [-0.1, -0.05) is 12.1 Å². The molecule has 106 valence electrons. The van der Waals surface area contributed by atoms with Gasteiger partial charge in [0, 0.05) is 12.1 Å². The van der Waals surface area contributed by atoms with Gasteiger partial charge in [-0.25, -0.2) is 4.63 Å². The molecule has 3 aromatic rings. The van der Waals surface area contributed by atoms with E-state index in [-0.39, 0.29) is 5.91 Å². The third kappa shape index (κ3) is 2.84. The first-order valence-electron chi connectivity index (χ1n) is 6.40. The summed E-state index contributed by atoms with van der Waals surface area (Å²) >= 11 is 0. The molecule has 0 saturated heterocycles. The van der Waals surface area contributed by atoms with E-state index in [9.17, 15) is 4.79 Å². The number of fused-ring (bicyclic) bond motifs is 1. The molecule has 21 heavy (non-hydrogen) atoms. The number of ether oxygens (including phenoxy) is 1. The Bertz CT molecular complexity index is 782. The molecule has 0 aliphatic heterocycles. The van der Waals surface area contributed by atoms with Crippen molar-refractivity contribution in [2.45, 2.75) is 6.54 Å². The van der Waals surface area contributed by atoms with E-state index < -0.39 is 0 Å². The molecule has 0 aliphatic carbocycles. The van der Waals surface area contributed by atoms with Crippen LogP contribution in [0.4, 0.5) is 0 Å². The van der Waals surface area contributed by atoms with Crippen molar-refractivity contribution in [1.82, 2.24) is 15.6 Å². The van der Waals surface area contributed by atoms with Gasteiger partial charge in [0.25, 0.3) is 5.91 Å². The average molecular weight is 283 g/mol. The van der Waals surface area contributed by atoms with E-state index in [4.69, 9.17) is 4.74 Å². The molecule has 0 atom stereocenters. The second-order valence-electron chi connectivity index (χ2n) is 4.50. The fourth-order valence-corrected chi connectivity index (χ4v) is 1.99. The molecule has 0 unspecified atom stereocenters. The third-order valence-electron chi connectivity index (χ3n) is 3.10.